The van der Waals surface area contributed by atoms with Crippen molar-refractivity contribution in [2.45, 2.75) is 39.2 Å². The van der Waals surface area contributed by atoms with Gasteiger partial charge in [-0.25, -0.2) is 4.98 Å². The predicted octanol–water partition coefficient (Wildman–Crippen LogP) is 5.83. The molecule has 0 bridgehead atoms. The number of phenols is 1. The van der Waals surface area contributed by atoms with Gasteiger partial charge in [-0.1, -0.05) is 67.6 Å². The molecule has 0 saturated carbocycles. The fraction of sp³-hybridized carbons (Fsp3) is 0.318. The lowest BCUT2D eigenvalue weighted by molar-refractivity contribution is -0.135. The molecule has 0 spiro atoms. The van der Waals surface area contributed by atoms with Crippen molar-refractivity contribution in [3.8, 4) is 17.2 Å². The normalized spacial score (nSPS) is 17.2. The van der Waals surface area contributed by atoms with Gasteiger partial charge in [0, 0.05) is 45.7 Å². The number of fused-ring (bicyclic) bond motifs is 1. The number of aryl methyl sites for hydroxylation is 1. The molecule has 2 aliphatic rings. The Balaban J connectivity index is 0.900. The highest BCUT2D eigenvalue weighted by Gasteiger charge is 2.31. The van der Waals surface area contributed by atoms with E-state index in [1.54, 1.807) is 31.2 Å². The molecular weight excluding hydrogens is 695 g/mol. The van der Waals surface area contributed by atoms with Crippen LogP contribution in [-0.4, -0.2) is 88.8 Å². The lowest BCUT2D eigenvalue weighted by Gasteiger charge is -2.34. The number of benzene rings is 4. The molecule has 1 aromatic heterocycles. The predicted molar refractivity (Wildman–Crippen MR) is 213 cm³/mol. The van der Waals surface area contributed by atoms with E-state index in [9.17, 15) is 19.5 Å². The van der Waals surface area contributed by atoms with Gasteiger partial charge in [0.25, 0.3) is 5.56 Å². The summed E-state index contributed by atoms with van der Waals surface area (Å²) in [4.78, 5) is 47.1. The van der Waals surface area contributed by atoms with Crippen molar-refractivity contribution in [1.82, 2.24) is 24.7 Å². The van der Waals surface area contributed by atoms with E-state index >= 15 is 0 Å². The number of allylic oxidation sites excluding steroid dienone is 1. The number of amides is 2. The maximum Gasteiger partial charge on any atom is 0.262 e. The molecule has 7 rings (SSSR count). The van der Waals surface area contributed by atoms with Gasteiger partial charge >= 0.3 is 0 Å². The molecule has 284 valence electrons. The number of hydrogen-bond acceptors (Lipinski definition) is 9. The van der Waals surface area contributed by atoms with Crippen LogP contribution in [0.4, 0.5) is 0 Å². The second-order valence-electron chi connectivity index (χ2n) is 14.0. The Labute approximate surface area is 320 Å². The van der Waals surface area contributed by atoms with Gasteiger partial charge in [0.15, 0.2) is 0 Å². The lowest BCUT2D eigenvalue weighted by Crippen LogP contribution is -2.48. The van der Waals surface area contributed by atoms with Crippen molar-refractivity contribution >= 4 is 33.9 Å². The van der Waals surface area contributed by atoms with Gasteiger partial charge < -0.3 is 14.6 Å². The number of nitrogens with one attached hydrogen (secondary N) is 1. The standard InChI is InChI=1S/C44H47N5O6/c1-3-36(31-8-5-4-6-9-31)41(32-12-16-34(50)17-13-32)33-14-18-35(19-15-33)54-28-26-47-22-24-48(25-23-47)27-29-55-39-11-7-10-37-42(39)45-30(2)49(44(37)53)38-20-21-40(51)46-43(38)52/h4-19,38,50H,3,20-29H2,1-2H3,(H,46,51,52). The third kappa shape index (κ3) is 8.64. The zero-order valence-corrected chi connectivity index (χ0v) is 31.4. The Morgan fingerprint density at radius 2 is 1.42 bits per heavy atom. The number of piperazine rings is 1. The molecule has 11 nitrogen and oxygen atoms in total. The monoisotopic (exact) mass is 741 g/mol. The van der Waals surface area contributed by atoms with Crippen molar-refractivity contribution in [1.29, 1.82) is 0 Å². The largest absolute Gasteiger partial charge is 0.508 e. The maximum atomic E-state index is 13.5. The number of aromatic nitrogens is 2. The number of para-hydroxylation sites is 1. The van der Waals surface area contributed by atoms with E-state index in [0.717, 1.165) is 68.1 Å². The Kier molecular flexibility index (Phi) is 11.7. The second-order valence-corrected chi connectivity index (χ2v) is 14.0. The Morgan fingerprint density at radius 3 is 2.05 bits per heavy atom. The number of phenolic OH excluding ortho intramolecular Hbond substituents is 1. The van der Waals surface area contributed by atoms with E-state index in [0.29, 0.717) is 35.7 Å². The van der Waals surface area contributed by atoms with Gasteiger partial charge in [-0.2, -0.15) is 0 Å². The molecule has 2 amide bonds. The van der Waals surface area contributed by atoms with E-state index in [1.165, 1.54) is 15.7 Å². The van der Waals surface area contributed by atoms with Crippen LogP contribution in [0.1, 0.15) is 54.7 Å². The van der Waals surface area contributed by atoms with Crippen LogP contribution in [0, 0.1) is 6.92 Å². The fourth-order valence-corrected chi connectivity index (χ4v) is 7.55. The third-order valence-corrected chi connectivity index (χ3v) is 10.5. The van der Waals surface area contributed by atoms with Crippen LogP contribution in [0.2, 0.25) is 0 Å². The number of rotatable bonds is 13. The van der Waals surface area contributed by atoms with Gasteiger partial charge in [-0.15, -0.1) is 0 Å². The number of carbonyl (C=O) groups is 2. The van der Waals surface area contributed by atoms with Crippen molar-refractivity contribution in [3.05, 3.63) is 130 Å². The van der Waals surface area contributed by atoms with Crippen molar-refractivity contribution < 1.29 is 24.2 Å². The number of piperidine rings is 1. The summed E-state index contributed by atoms with van der Waals surface area (Å²) in [6, 6.07) is 30.6. The van der Waals surface area contributed by atoms with Crippen LogP contribution >= 0.6 is 0 Å². The quantitative estimate of drug-likeness (QED) is 0.113. The van der Waals surface area contributed by atoms with E-state index in [2.05, 4.69) is 63.4 Å². The van der Waals surface area contributed by atoms with E-state index in [1.807, 2.05) is 36.4 Å². The van der Waals surface area contributed by atoms with E-state index in [-0.39, 0.29) is 30.1 Å². The highest BCUT2D eigenvalue weighted by Crippen LogP contribution is 2.35. The van der Waals surface area contributed by atoms with Crippen LogP contribution in [0.5, 0.6) is 17.2 Å². The Hall–Kier alpha value is -5.78. The zero-order chi connectivity index (χ0) is 38.3. The highest BCUT2D eigenvalue weighted by atomic mass is 16.5. The summed E-state index contributed by atoms with van der Waals surface area (Å²) in [6.07, 6.45) is 1.31. The van der Waals surface area contributed by atoms with Crippen molar-refractivity contribution in [2.75, 3.05) is 52.5 Å². The summed E-state index contributed by atoms with van der Waals surface area (Å²) < 4.78 is 13.7. The Bertz CT molecular complexity index is 2230. The number of carbonyl (C=O) groups excluding carboxylic acids is 2. The molecule has 2 saturated heterocycles. The SMILES string of the molecule is CCC(=C(c1ccc(O)cc1)c1ccc(OCCN2CCN(CCOc3cccc4c(=O)n(C5CCC(=O)NC5=O)c(C)nc34)CC2)cc1)c1ccccc1. The molecule has 2 aliphatic heterocycles. The van der Waals surface area contributed by atoms with Crippen LogP contribution in [0.15, 0.2) is 102 Å². The van der Waals surface area contributed by atoms with E-state index in [4.69, 9.17) is 9.47 Å². The zero-order valence-electron chi connectivity index (χ0n) is 31.4. The number of ether oxygens (including phenoxy) is 2. The number of imide groups is 1. The molecule has 0 aliphatic carbocycles. The molecule has 4 aromatic carbocycles. The average molecular weight is 742 g/mol. The fourth-order valence-electron chi connectivity index (χ4n) is 7.55. The third-order valence-electron chi connectivity index (χ3n) is 10.5. The second kappa shape index (κ2) is 17.1. The van der Waals surface area contributed by atoms with Crippen molar-refractivity contribution in [2.24, 2.45) is 0 Å². The molecule has 55 heavy (non-hydrogen) atoms. The molecule has 2 N–H and O–H groups in total. The average Bonchev–Trinajstić information content (AvgIpc) is 3.20. The van der Waals surface area contributed by atoms with Crippen LogP contribution in [0.25, 0.3) is 22.0 Å². The van der Waals surface area contributed by atoms with Gasteiger partial charge in [-0.3, -0.25) is 34.1 Å². The maximum absolute atomic E-state index is 13.5. The van der Waals surface area contributed by atoms with Crippen molar-refractivity contribution in [3.63, 3.8) is 0 Å². The molecule has 0 radical (unpaired) electrons. The van der Waals surface area contributed by atoms with Crippen LogP contribution in [0.3, 0.4) is 0 Å². The topological polar surface area (TPSA) is 126 Å². The molecule has 11 heteroatoms. The summed E-state index contributed by atoms with van der Waals surface area (Å²) in [7, 11) is 0. The minimum atomic E-state index is -0.766. The van der Waals surface area contributed by atoms with E-state index < -0.39 is 11.9 Å². The molecule has 1 unspecified atom stereocenters. The molecule has 5 aromatic rings. The minimum absolute atomic E-state index is 0.180. The smallest absolute Gasteiger partial charge is 0.262 e. The number of hydrogen-bond donors (Lipinski definition) is 2. The number of aromatic hydroxyl groups is 1. The first-order valence-electron chi connectivity index (χ1n) is 19.0. The summed E-state index contributed by atoms with van der Waals surface area (Å²) in [5.74, 6) is 1.21. The van der Waals surface area contributed by atoms with Crippen LogP contribution in [-0.2, 0) is 9.59 Å². The summed E-state index contributed by atoms with van der Waals surface area (Å²) in [5.41, 5.74) is 5.87. The Morgan fingerprint density at radius 1 is 0.782 bits per heavy atom. The minimum Gasteiger partial charge on any atom is -0.508 e. The summed E-state index contributed by atoms with van der Waals surface area (Å²) >= 11 is 0. The van der Waals surface area contributed by atoms with Gasteiger partial charge in [0.2, 0.25) is 11.8 Å². The first kappa shape index (κ1) is 37.5. The summed E-state index contributed by atoms with van der Waals surface area (Å²) in [6.45, 7) is 10.2. The number of nitrogens with zero attached hydrogens (tertiary/aromatic N) is 4. The molecular formula is C44H47N5O6. The first-order valence-corrected chi connectivity index (χ1v) is 19.0. The highest BCUT2D eigenvalue weighted by molar-refractivity contribution is 6.00. The van der Waals surface area contributed by atoms with Gasteiger partial charge in [-0.05, 0) is 84.0 Å². The summed E-state index contributed by atoms with van der Waals surface area (Å²) in [5, 5.41) is 12.7. The molecule has 3 heterocycles. The van der Waals surface area contributed by atoms with Gasteiger partial charge in [0.1, 0.15) is 47.8 Å². The molecule has 1 atom stereocenters. The first-order chi connectivity index (χ1) is 26.8. The van der Waals surface area contributed by atoms with Gasteiger partial charge in [0.05, 0.1) is 5.39 Å². The lowest BCUT2D eigenvalue weighted by atomic mass is 9.88. The van der Waals surface area contributed by atoms with Crippen LogP contribution < -0.4 is 20.3 Å². The molecule has 2 fully saturated rings.